The molecule has 0 spiro atoms. The van der Waals surface area contributed by atoms with Crippen LogP contribution in [0.4, 0.5) is 0 Å². The van der Waals surface area contributed by atoms with Crippen molar-refractivity contribution in [3.63, 3.8) is 0 Å². The molecule has 0 aliphatic heterocycles. The van der Waals surface area contributed by atoms with Gasteiger partial charge in [-0.15, -0.1) is 0 Å². The Balaban J connectivity index is 2.81. The third kappa shape index (κ3) is 9.47. The maximum absolute atomic E-state index is 4.98. The molecule has 0 unspecified atom stereocenters. The minimum atomic E-state index is 1.05. The van der Waals surface area contributed by atoms with Crippen LogP contribution in [0.2, 0.25) is 0 Å². The first-order valence-corrected chi connectivity index (χ1v) is 5.13. The second-order valence-corrected chi connectivity index (χ2v) is 3.24. The van der Waals surface area contributed by atoms with E-state index in [9.17, 15) is 0 Å². The standard InChI is InChI=1S/C10H22N2/c1-2-3-4-5-6-7-8-9-10-12-11/h10H,2-9,11H2,1H3. The van der Waals surface area contributed by atoms with Crippen molar-refractivity contribution in [3.8, 4) is 0 Å². The van der Waals surface area contributed by atoms with Crippen molar-refractivity contribution in [2.24, 2.45) is 10.9 Å². The minimum absolute atomic E-state index is 1.05. The van der Waals surface area contributed by atoms with Crippen LogP contribution in [0.25, 0.3) is 0 Å². The molecule has 0 rings (SSSR count). The van der Waals surface area contributed by atoms with E-state index in [4.69, 9.17) is 5.84 Å². The summed E-state index contributed by atoms with van der Waals surface area (Å²) in [6.07, 6.45) is 12.3. The van der Waals surface area contributed by atoms with Gasteiger partial charge in [-0.25, -0.2) is 0 Å². The number of nitrogens with zero attached hydrogens (tertiary/aromatic N) is 1. The van der Waals surface area contributed by atoms with E-state index in [1.807, 2.05) is 0 Å². The van der Waals surface area contributed by atoms with Crippen LogP contribution in [-0.4, -0.2) is 6.21 Å². The van der Waals surface area contributed by atoms with E-state index in [0.29, 0.717) is 0 Å². The molecule has 0 fully saturated rings. The number of hydrogen-bond acceptors (Lipinski definition) is 2. The maximum Gasteiger partial charge on any atom is 0.0240 e. The highest BCUT2D eigenvalue weighted by atomic mass is 15.1. The third-order valence-electron chi connectivity index (χ3n) is 2.04. The monoisotopic (exact) mass is 170 g/mol. The van der Waals surface area contributed by atoms with Crippen molar-refractivity contribution in [2.45, 2.75) is 58.3 Å². The summed E-state index contributed by atoms with van der Waals surface area (Å²) in [6, 6.07) is 0. The van der Waals surface area contributed by atoms with E-state index in [0.717, 1.165) is 6.42 Å². The molecule has 0 heterocycles. The second kappa shape index (κ2) is 10.5. The van der Waals surface area contributed by atoms with Gasteiger partial charge in [0.1, 0.15) is 0 Å². The van der Waals surface area contributed by atoms with E-state index in [2.05, 4.69) is 12.0 Å². The molecule has 0 aliphatic carbocycles. The van der Waals surface area contributed by atoms with Gasteiger partial charge in [-0.3, -0.25) is 0 Å². The van der Waals surface area contributed by atoms with E-state index < -0.39 is 0 Å². The van der Waals surface area contributed by atoms with Gasteiger partial charge in [0.15, 0.2) is 0 Å². The van der Waals surface area contributed by atoms with Crippen LogP contribution >= 0.6 is 0 Å². The van der Waals surface area contributed by atoms with Gasteiger partial charge in [0.2, 0.25) is 0 Å². The van der Waals surface area contributed by atoms with Crippen molar-refractivity contribution < 1.29 is 0 Å². The summed E-state index contributed by atoms with van der Waals surface area (Å²) in [5.74, 6) is 4.98. The molecule has 0 aromatic heterocycles. The van der Waals surface area contributed by atoms with Crippen LogP contribution in [0.1, 0.15) is 58.3 Å². The van der Waals surface area contributed by atoms with Gasteiger partial charge >= 0.3 is 0 Å². The number of rotatable bonds is 8. The number of hydrogen-bond donors (Lipinski definition) is 1. The topological polar surface area (TPSA) is 38.4 Å². The average molecular weight is 170 g/mol. The number of hydrazone groups is 1. The molecule has 2 N–H and O–H groups in total. The lowest BCUT2D eigenvalue weighted by atomic mass is 10.1. The molecule has 0 aromatic carbocycles. The Morgan fingerprint density at radius 3 is 2.17 bits per heavy atom. The molecule has 2 heteroatoms. The lowest BCUT2D eigenvalue weighted by molar-refractivity contribution is 0.596. The zero-order valence-corrected chi connectivity index (χ0v) is 8.26. The quantitative estimate of drug-likeness (QED) is 0.258. The Morgan fingerprint density at radius 2 is 1.58 bits per heavy atom. The van der Waals surface area contributed by atoms with E-state index >= 15 is 0 Å². The summed E-state index contributed by atoms with van der Waals surface area (Å²) in [6.45, 7) is 2.25. The van der Waals surface area contributed by atoms with Gasteiger partial charge in [0, 0.05) is 6.21 Å². The highest BCUT2D eigenvalue weighted by Crippen LogP contribution is 2.07. The zero-order chi connectivity index (χ0) is 9.07. The van der Waals surface area contributed by atoms with Crippen LogP contribution in [0.5, 0.6) is 0 Å². The number of nitrogens with two attached hydrogens (primary N) is 1. The van der Waals surface area contributed by atoms with Crippen molar-refractivity contribution in [3.05, 3.63) is 0 Å². The fourth-order valence-electron chi connectivity index (χ4n) is 1.27. The number of unbranched alkanes of at least 4 members (excludes halogenated alkanes) is 7. The van der Waals surface area contributed by atoms with Gasteiger partial charge in [-0.2, -0.15) is 5.10 Å². The molecular weight excluding hydrogens is 148 g/mol. The second-order valence-electron chi connectivity index (χ2n) is 3.24. The first-order valence-electron chi connectivity index (χ1n) is 5.13. The first-order chi connectivity index (χ1) is 5.91. The van der Waals surface area contributed by atoms with Crippen LogP contribution in [-0.2, 0) is 0 Å². The smallest absolute Gasteiger partial charge is 0.0240 e. The molecular formula is C10H22N2. The van der Waals surface area contributed by atoms with E-state index in [-0.39, 0.29) is 0 Å². The lowest BCUT2D eigenvalue weighted by Crippen LogP contribution is -1.84. The van der Waals surface area contributed by atoms with Gasteiger partial charge in [0.25, 0.3) is 0 Å². The Labute approximate surface area is 76.2 Å². The van der Waals surface area contributed by atoms with Crippen LogP contribution in [0, 0.1) is 0 Å². The molecule has 0 atom stereocenters. The summed E-state index contributed by atoms with van der Waals surface area (Å²) in [7, 11) is 0. The van der Waals surface area contributed by atoms with E-state index in [1.54, 1.807) is 6.21 Å². The molecule has 0 saturated heterocycles. The summed E-state index contributed by atoms with van der Waals surface area (Å²) in [4.78, 5) is 0. The highest BCUT2D eigenvalue weighted by Gasteiger charge is 1.88. The molecule has 0 saturated carbocycles. The first kappa shape index (κ1) is 11.5. The fourth-order valence-corrected chi connectivity index (χ4v) is 1.27. The lowest BCUT2D eigenvalue weighted by Gasteiger charge is -1.98. The predicted octanol–water partition coefficient (Wildman–Crippen LogP) is 3.07. The minimum Gasteiger partial charge on any atom is -0.324 e. The van der Waals surface area contributed by atoms with Crippen LogP contribution in [0.3, 0.4) is 0 Å². The molecule has 0 amide bonds. The summed E-state index contributed by atoms with van der Waals surface area (Å²) in [5.41, 5.74) is 0. The Hall–Kier alpha value is -0.530. The Bertz CT molecular complexity index is 100. The molecule has 2 nitrogen and oxygen atoms in total. The Kier molecular flexibility index (Phi) is 10.0. The molecule has 72 valence electrons. The van der Waals surface area contributed by atoms with Crippen molar-refractivity contribution >= 4 is 6.21 Å². The highest BCUT2D eigenvalue weighted by molar-refractivity contribution is 5.56. The SMILES string of the molecule is CCCCCCCCCC=NN. The molecule has 0 aliphatic rings. The molecule has 12 heavy (non-hydrogen) atoms. The fraction of sp³-hybridized carbons (Fsp3) is 0.900. The average Bonchev–Trinajstić information content (AvgIpc) is 2.10. The van der Waals surface area contributed by atoms with Gasteiger partial charge in [-0.05, 0) is 12.8 Å². The zero-order valence-electron chi connectivity index (χ0n) is 8.26. The summed E-state index contributed by atoms with van der Waals surface area (Å²) in [5, 5.41) is 3.46. The van der Waals surface area contributed by atoms with Gasteiger partial charge in [-0.1, -0.05) is 45.4 Å². The molecule has 0 aromatic rings. The van der Waals surface area contributed by atoms with Crippen molar-refractivity contribution in [1.82, 2.24) is 0 Å². The molecule has 0 bridgehead atoms. The maximum atomic E-state index is 4.98. The Morgan fingerprint density at radius 1 is 1.00 bits per heavy atom. The van der Waals surface area contributed by atoms with Crippen molar-refractivity contribution in [1.29, 1.82) is 0 Å². The van der Waals surface area contributed by atoms with Gasteiger partial charge < -0.3 is 5.84 Å². The van der Waals surface area contributed by atoms with Crippen molar-refractivity contribution in [2.75, 3.05) is 0 Å². The summed E-state index contributed by atoms with van der Waals surface area (Å²) < 4.78 is 0. The third-order valence-corrected chi connectivity index (χ3v) is 2.04. The summed E-state index contributed by atoms with van der Waals surface area (Å²) >= 11 is 0. The predicted molar refractivity (Wildman–Crippen MR) is 55.3 cm³/mol. The normalized spacial score (nSPS) is 11.1. The van der Waals surface area contributed by atoms with E-state index in [1.165, 1.54) is 44.9 Å². The van der Waals surface area contributed by atoms with Crippen LogP contribution < -0.4 is 5.84 Å². The van der Waals surface area contributed by atoms with Gasteiger partial charge in [0.05, 0.1) is 0 Å². The molecule has 0 radical (unpaired) electrons. The largest absolute Gasteiger partial charge is 0.324 e. The van der Waals surface area contributed by atoms with Crippen LogP contribution in [0.15, 0.2) is 5.10 Å².